The lowest BCUT2D eigenvalue weighted by atomic mass is 10.1. The fraction of sp³-hybridized carbons (Fsp3) is 0.500. The van der Waals surface area contributed by atoms with Gasteiger partial charge in [-0.2, -0.15) is 4.39 Å². The third-order valence-electron chi connectivity index (χ3n) is 8.00. The molecule has 0 aliphatic carbocycles. The first-order valence-electron chi connectivity index (χ1n) is 17.6. The van der Waals surface area contributed by atoms with Crippen LogP contribution in [0.4, 0.5) is 8.78 Å². The van der Waals surface area contributed by atoms with Gasteiger partial charge in [0.15, 0.2) is 11.6 Å². The Labute approximate surface area is 289 Å². The van der Waals surface area contributed by atoms with Crippen molar-refractivity contribution in [1.29, 1.82) is 0 Å². The fourth-order valence-electron chi connectivity index (χ4n) is 5.15. The summed E-state index contributed by atoms with van der Waals surface area (Å²) in [5.74, 6) is 2.13. The average molecular weight is 681 g/mol. The first-order chi connectivity index (χ1) is 23.3. The zero-order valence-corrected chi connectivity index (χ0v) is 29.5. The van der Waals surface area contributed by atoms with Gasteiger partial charge in [0.25, 0.3) is 0 Å². The van der Waals surface area contributed by atoms with Crippen molar-refractivity contribution < 1.29 is 32.6 Å². The van der Waals surface area contributed by atoms with Crippen LogP contribution in [-0.4, -0.2) is 24.6 Å². The van der Waals surface area contributed by atoms with Gasteiger partial charge in [0.2, 0.25) is 5.82 Å². The molecule has 1 unspecified atom stereocenters. The molecular weight excluding hydrogens is 630 g/mol. The smallest absolute Gasteiger partial charge is 0.348 e. The highest BCUT2D eigenvalue weighted by atomic mass is 32.1. The topological polar surface area (TPSA) is 61.8 Å². The molecule has 0 fully saturated rings. The maximum absolute atomic E-state index is 14.8. The second-order valence-corrected chi connectivity index (χ2v) is 13.2. The largest absolute Gasteiger partial charge is 0.490 e. The Kier molecular flexibility index (Phi) is 17.8. The Morgan fingerprint density at radius 1 is 0.708 bits per heavy atom. The number of halogens is 2. The molecule has 0 radical (unpaired) electrons. The van der Waals surface area contributed by atoms with Crippen LogP contribution in [0.1, 0.15) is 148 Å². The van der Waals surface area contributed by atoms with E-state index in [1.165, 1.54) is 93.4 Å². The molecule has 2 aromatic carbocycles. The number of ether oxygens (including phenoxy) is 3. The van der Waals surface area contributed by atoms with Crippen molar-refractivity contribution >= 4 is 23.3 Å². The average Bonchev–Trinajstić information content (AvgIpc) is 3.56. The fourth-order valence-corrected chi connectivity index (χ4v) is 5.89. The summed E-state index contributed by atoms with van der Waals surface area (Å²) >= 11 is 1.27. The Morgan fingerprint density at radius 3 is 2.00 bits per heavy atom. The molecule has 0 spiro atoms. The van der Waals surface area contributed by atoms with Crippen LogP contribution < -0.4 is 9.47 Å². The zero-order valence-electron chi connectivity index (χ0n) is 28.7. The summed E-state index contributed by atoms with van der Waals surface area (Å²) < 4.78 is 45.7. The monoisotopic (exact) mass is 680 g/mol. The third kappa shape index (κ3) is 13.8. The van der Waals surface area contributed by atoms with Crippen molar-refractivity contribution in [2.75, 3.05) is 6.61 Å². The van der Waals surface area contributed by atoms with E-state index in [1.807, 2.05) is 6.92 Å². The highest BCUT2D eigenvalue weighted by Gasteiger charge is 2.21. The molecule has 1 heterocycles. The first-order valence-corrected chi connectivity index (χ1v) is 18.4. The van der Waals surface area contributed by atoms with Gasteiger partial charge in [-0.15, -0.1) is 11.3 Å². The summed E-state index contributed by atoms with van der Waals surface area (Å²) in [7, 11) is 0. The van der Waals surface area contributed by atoms with Crippen molar-refractivity contribution in [2.24, 2.45) is 0 Å². The van der Waals surface area contributed by atoms with Crippen LogP contribution >= 0.6 is 11.3 Å². The minimum Gasteiger partial charge on any atom is -0.490 e. The van der Waals surface area contributed by atoms with Gasteiger partial charge in [-0.1, -0.05) is 103 Å². The van der Waals surface area contributed by atoms with E-state index < -0.39 is 23.2 Å². The predicted octanol–water partition coefficient (Wildman–Crippen LogP) is 11.5. The summed E-state index contributed by atoms with van der Waals surface area (Å²) in [6.45, 7) is 6.58. The van der Waals surface area contributed by atoms with E-state index in [0.717, 1.165) is 38.5 Å². The van der Waals surface area contributed by atoms with Crippen LogP contribution in [0.25, 0.3) is 0 Å². The molecule has 3 aromatic rings. The Bertz CT molecular complexity index is 1470. The lowest BCUT2D eigenvalue weighted by molar-refractivity contribution is 0.0325. The third-order valence-corrected chi connectivity index (χ3v) is 8.98. The predicted molar refractivity (Wildman–Crippen MR) is 189 cm³/mol. The molecule has 1 aromatic heterocycles. The number of carbonyl (C=O) groups is 2. The molecule has 3 rings (SSSR count). The van der Waals surface area contributed by atoms with Crippen LogP contribution in [0.15, 0.2) is 48.5 Å². The number of carbonyl (C=O) groups excluding carboxylic acids is 2. The number of esters is 2. The molecule has 0 bridgehead atoms. The van der Waals surface area contributed by atoms with Crippen LogP contribution in [0.3, 0.4) is 0 Å². The molecule has 0 aliphatic rings. The molecule has 5 nitrogen and oxygen atoms in total. The van der Waals surface area contributed by atoms with E-state index in [0.29, 0.717) is 15.3 Å². The number of hydrogen-bond donors (Lipinski definition) is 0. The normalized spacial score (nSPS) is 11.4. The molecule has 0 aliphatic heterocycles. The van der Waals surface area contributed by atoms with Gasteiger partial charge in [0.05, 0.1) is 23.2 Å². The Hall–Kier alpha value is -3.70. The summed E-state index contributed by atoms with van der Waals surface area (Å²) in [6, 6.07) is 12.3. The molecule has 1 atom stereocenters. The molecule has 0 amide bonds. The summed E-state index contributed by atoms with van der Waals surface area (Å²) in [4.78, 5) is 26.3. The van der Waals surface area contributed by atoms with Gasteiger partial charge in [0, 0.05) is 5.56 Å². The van der Waals surface area contributed by atoms with Gasteiger partial charge in [-0.05, 0) is 74.7 Å². The van der Waals surface area contributed by atoms with Crippen molar-refractivity contribution in [1.82, 2.24) is 0 Å². The minimum atomic E-state index is -1.30. The maximum Gasteiger partial charge on any atom is 0.348 e. The summed E-state index contributed by atoms with van der Waals surface area (Å²) in [6.07, 6.45) is 16.9. The quantitative estimate of drug-likeness (QED) is 0.0485. The molecule has 8 heteroatoms. The van der Waals surface area contributed by atoms with E-state index >= 15 is 0 Å². The molecule has 48 heavy (non-hydrogen) atoms. The van der Waals surface area contributed by atoms with E-state index in [4.69, 9.17) is 14.2 Å². The van der Waals surface area contributed by atoms with E-state index in [9.17, 15) is 18.4 Å². The van der Waals surface area contributed by atoms with Crippen molar-refractivity contribution in [3.8, 4) is 23.3 Å². The van der Waals surface area contributed by atoms with Crippen LogP contribution in [0, 0.1) is 23.5 Å². The number of benzene rings is 2. The summed E-state index contributed by atoms with van der Waals surface area (Å²) in [5.41, 5.74) is 0.134. The summed E-state index contributed by atoms with van der Waals surface area (Å²) in [5, 5.41) is 0. The molecular formula is C40H50F2O5S. The Morgan fingerprint density at radius 2 is 1.33 bits per heavy atom. The highest BCUT2D eigenvalue weighted by molar-refractivity contribution is 7.14. The molecule has 0 N–H and O–H groups in total. The Balaban J connectivity index is 1.43. The van der Waals surface area contributed by atoms with Gasteiger partial charge >= 0.3 is 11.9 Å². The zero-order chi connectivity index (χ0) is 34.6. The lowest BCUT2D eigenvalue weighted by Crippen LogP contribution is -2.14. The van der Waals surface area contributed by atoms with Crippen molar-refractivity contribution in [3.05, 3.63) is 81.0 Å². The number of rotatable bonds is 21. The SMILES string of the molecule is CCCCCCCCCCCCOc1ccc(C(=O)Oc2ccc(C#Cc3ccc(C(=O)OC(C)CCCCCC)s3)cc2)c(F)c1F. The standard InChI is InChI=1S/C40H50F2O5S/c1-4-6-8-10-11-12-13-14-15-17-29-45-35-27-26-34(37(41)38(35)42)39(43)47-32-22-19-31(20-23-32)21-24-33-25-28-36(48-33)40(44)46-30(3)18-16-9-7-5-2/h19-20,22-23,25-28,30H,4-18,29H2,1-3H3. The van der Waals surface area contributed by atoms with E-state index in [-0.39, 0.29) is 30.2 Å². The lowest BCUT2D eigenvalue weighted by Gasteiger charge is -2.12. The molecule has 0 saturated heterocycles. The van der Waals surface area contributed by atoms with Gasteiger partial charge < -0.3 is 14.2 Å². The van der Waals surface area contributed by atoms with Crippen LogP contribution in [-0.2, 0) is 4.74 Å². The second-order valence-electron chi connectivity index (χ2n) is 12.2. The highest BCUT2D eigenvalue weighted by Crippen LogP contribution is 2.25. The van der Waals surface area contributed by atoms with E-state index in [1.54, 1.807) is 24.3 Å². The van der Waals surface area contributed by atoms with Gasteiger partial charge in [-0.25, -0.2) is 14.0 Å². The molecule has 260 valence electrons. The number of thiophene rings is 1. The number of hydrogen-bond acceptors (Lipinski definition) is 6. The second kappa shape index (κ2) is 22.0. The van der Waals surface area contributed by atoms with Gasteiger partial charge in [-0.3, -0.25) is 0 Å². The van der Waals surface area contributed by atoms with Crippen LogP contribution in [0.5, 0.6) is 11.5 Å². The van der Waals surface area contributed by atoms with Crippen molar-refractivity contribution in [2.45, 2.75) is 123 Å². The first kappa shape index (κ1) is 38.7. The van der Waals surface area contributed by atoms with Gasteiger partial charge in [0.1, 0.15) is 10.6 Å². The van der Waals surface area contributed by atoms with Crippen LogP contribution in [0.2, 0.25) is 0 Å². The van der Waals surface area contributed by atoms with E-state index in [2.05, 4.69) is 25.7 Å². The minimum absolute atomic E-state index is 0.133. The van der Waals surface area contributed by atoms with Crippen molar-refractivity contribution in [3.63, 3.8) is 0 Å². The maximum atomic E-state index is 14.8. The molecule has 0 saturated carbocycles. The number of unbranched alkanes of at least 4 members (excludes halogenated alkanes) is 12.